The van der Waals surface area contributed by atoms with Gasteiger partial charge in [0.15, 0.2) is 0 Å². The van der Waals surface area contributed by atoms with Crippen LogP contribution in [-0.2, 0) is 0 Å². The van der Waals surface area contributed by atoms with Crippen LogP contribution in [0.4, 0.5) is 0 Å². The van der Waals surface area contributed by atoms with E-state index in [0.29, 0.717) is 5.25 Å². The third-order valence-corrected chi connectivity index (χ3v) is 3.90. The molecule has 0 spiro atoms. The van der Waals surface area contributed by atoms with E-state index >= 15 is 0 Å². The SMILES string of the molecule is SC1CCCCCC(S)(S)CC1. The molecule has 3 heteroatoms. The fraction of sp³-hybridized carbons (Fsp3) is 1.00. The Hall–Kier alpha value is 1.05. The van der Waals surface area contributed by atoms with Crippen molar-refractivity contribution in [2.24, 2.45) is 0 Å². The van der Waals surface area contributed by atoms with Crippen LogP contribution in [-0.4, -0.2) is 9.33 Å². The fourth-order valence-corrected chi connectivity index (χ4v) is 2.52. The molecule has 1 aliphatic rings. The first kappa shape index (κ1) is 11.1. The molecule has 0 saturated heterocycles. The summed E-state index contributed by atoms with van der Waals surface area (Å²) in [6.45, 7) is 0. The van der Waals surface area contributed by atoms with Crippen LogP contribution in [0.1, 0.15) is 44.9 Å². The second-order valence-electron chi connectivity index (χ2n) is 3.77. The molecular weight excluding hydrogens is 204 g/mol. The Morgan fingerprint density at radius 3 is 2.42 bits per heavy atom. The summed E-state index contributed by atoms with van der Waals surface area (Å²) < 4.78 is -0.0364. The van der Waals surface area contributed by atoms with E-state index in [1.165, 1.54) is 25.7 Å². The average Bonchev–Trinajstić information content (AvgIpc) is 2.05. The predicted molar refractivity (Wildman–Crippen MR) is 65.8 cm³/mol. The first-order chi connectivity index (χ1) is 5.60. The highest BCUT2D eigenvalue weighted by Crippen LogP contribution is 2.35. The molecule has 1 saturated carbocycles. The van der Waals surface area contributed by atoms with Crippen molar-refractivity contribution in [1.29, 1.82) is 0 Å². The van der Waals surface area contributed by atoms with Crippen LogP contribution in [0.5, 0.6) is 0 Å². The smallest absolute Gasteiger partial charge is 0.0552 e. The summed E-state index contributed by atoms with van der Waals surface area (Å²) in [6.07, 6.45) is 8.57. The van der Waals surface area contributed by atoms with Gasteiger partial charge < -0.3 is 0 Å². The van der Waals surface area contributed by atoms with E-state index in [-0.39, 0.29) is 4.08 Å². The highest BCUT2D eigenvalue weighted by atomic mass is 32.2. The summed E-state index contributed by atoms with van der Waals surface area (Å²) in [5, 5.41) is 0.571. The van der Waals surface area contributed by atoms with Gasteiger partial charge in [-0.2, -0.15) is 37.9 Å². The van der Waals surface area contributed by atoms with Gasteiger partial charge in [-0.1, -0.05) is 19.3 Å². The molecule has 0 bridgehead atoms. The molecule has 0 radical (unpaired) electrons. The predicted octanol–water partition coefficient (Wildman–Crippen LogP) is 3.59. The zero-order valence-corrected chi connectivity index (χ0v) is 10.1. The second-order valence-corrected chi connectivity index (χ2v) is 6.57. The van der Waals surface area contributed by atoms with Crippen molar-refractivity contribution in [3.05, 3.63) is 0 Å². The molecule has 1 fully saturated rings. The average molecular weight is 222 g/mol. The third-order valence-electron chi connectivity index (χ3n) is 2.49. The zero-order valence-electron chi connectivity index (χ0n) is 7.37. The normalized spacial score (nSPS) is 31.8. The minimum Gasteiger partial charge on any atom is -0.176 e. The van der Waals surface area contributed by atoms with E-state index in [0.717, 1.165) is 19.3 Å². The van der Waals surface area contributed by atoms with Gasteiger partial charge in [-0.05, 0) is 25.7 Å². The molecule has 0 aliphatic heterocycles. The molecule has 72 valence electrons. The van der Waals surface area contributed by atoms with Crippen molar-refractivity contribution in [1.82, 2.24) is 0 Å². The van der Waals surface area contributed by atoms with E-state index in [1.807, 2.05) is 0 Å². The van der Waals surface area contributed by atoms with E-state index in [1.54, 1.807) is 0 Å². The minimum atomic E-state index is -0.0364. The van der Waals surface area contributed by atoms with Crippen molar-refractivity contribution in [3.8, 4) is 0 Å². The maximum Gasteiger partial charge on any atom is 0.0552 e. The van der Waals surface area contributed by atoms with Gasteiger partial charge >= 0.3 is 0 Å². The van der Waals surface area contributed by atoms with Crippen molar-refractivity contribution < 1.29 is 0 Å². The molecule has 1 aliphatic carbocycles. The van der Waals surface area contributed by atoms with Gasteiger partial charge in [0.1, 0.15) is 0 Å². The molecule has 0 aromatic carbocycles. The van der Waals surface area contributed by atoms with Gasteiger partial charge in [0, 0.05) is 5.25 Å². The molecule has 1 rings (SSSR count). The van der Waals surface area contributed by atoms with Gasteiger partial charge in [-0.25, -0.2) is 0 Å². The minimum absolute atomic E-state index is 0.0364. The molecule has 0 aromatic rings. The topological polar surface area (TPSA) is 0 Å². The fourth-order valence-electron chi connectivity index (χ4n) is 1.63. The van der Waals surface area contributed by atoms with Crippen LogP contribution < -0.4 is 0 Å². The Balaban J connectivity index is 2.40. The third kappa shape index (κ3) is 4.33. The lowest BCUT2D eigenvalue weighted by molar-refractivity contribution is 0.613. The van der Waals surface area contributed by atoms with E-state index < -0.39 is 0 Å². The molecular formula is C9H18S3. The highest BCUT2D eigenvalue weighted by molar-refractivity contribution is 8.00. The Kier molecular flexibility index (Phi) is 4.69. The lowest BCUT2D eigenvalue weighted by Gasteiger charge is -2.22. The molecule has 12 heavy (non-hydrogen) atoms. The Labute approximate surface area is 92.1 Å². The van der Waals surface area contributed by atoms with Gasteiger partial charge in [0.05, 0.1) is 4.08 Å². The summed E-state index contributed by atoms with van der Waals surface area (Å²) in [7, 11) is 0. The van der Waals surface area contributed by atoms with Gasteiger partial charge in [-0.3, -0.25) is 0 Å². The lowest BCUT2D eigenvalue weighted by Crippen LogP contribution is -2.14. The van der Waals surface area contributed by atoms with Crippen molar-refractivity contribution in [2.75, 3.05) is 0 Å². The van der Waals surface area contributed by atoms with E-state index in [2.05, 4.69) is 37.9 Å². The Morgan fingerprint density at radius 2 is 1.67 bits per heavy atom. The number of rotatable bonds is 0. The Bertz CT molecular complexity index is 134. The maximum atomic E-state index is 4.55. The maximum absolute atomic E-state index is 4.55. The number of hydrogen-bond donors (Lipinski definition) is 3. The molecule has 0 amide bonds. The van der Waals surface area contributed by atoms with Crippen molar-refractivity contribution in [3.63, 3.8) is 0 Å². The van der Waals surface area contributed by atoms with Gasteiger partial charge in [0.2, 0.25) is 0 Å². The first-order valence-electron chi connectivity index (χ1n) is 4.73. The van der Waals surface area contributed by atoms with Gasteiger partial charge in [0.25, 0.3) is 0 Å². The van der Waals surface area contributed by atoms with Crippen LogP contribution in [0.25, 0.3) is 0 Å². The summed E-state index contributed by atoms with van der Waals surface area (Å²) in [5.41, 5.74) is 0. The van der Waals surface area contributed by atoms with Crippen LogP contribution in [0.2, 0.25) is 0 Å². The van der Waals surface area contributed by atoms with Crippen molar-refractivity contribution in [2.45, 2.75) is 54.3 Å². The summed E-state index contributed by atoms with van der Waals surface area (Å²) >= 11 is 13.6. The monoisotopic (exact) mass is 222 g/mol. The van der Waals surface area contributed by atoms with Crippen LogP contribution in [0, 0.1) is 0 Å². The first-order valence-corrected chi connectivity index (χ1v) is 6.14. The molecule has 0 nitrogen and oxygen atoms in total. The standard InChI is InChI=1S/C9H18S3/c10-8-4-2-1-3-6-9(11,12)7-5-8/h8,10-12H,1-7H2. The largest absolute Gasteiger partial charge is 0.176 e. The summed E-state index contributed by atoms with van der Waals surface area (Å²) in [5.74, 6) is 0. The number of hydrogen-bond acceptors (Lipinski definition) is 3. The molecule has 0 aromatic heterocycles. The van der Waals surface area contributed by atoms with Crippen LogP contribution in [0.15, 0.2) is 0 Å². The highest BCUT2D eigenvalue weighted by Gasteiger charge is 2.22. The van der Waals surface area contributed by atoms with Gasteiger partial charge in [-0.15, -0.1) is 0 Å². The quantitative estimate of drug-likeness (QED) is 0.405. The number of thiol groups is 3. The zero-order chi connectivity index (χ0) is 9.03. The van der Waals surface area contributed by atoms with E-state index in [4.69, 9.17) is 0 Å². The summed E-state index contributed by atoms with van der Waals surface area (Å²) in [6, 6.07) is 0. The lowest BCUT2D eigenvalue weighted by atomic mass is 10.1. The molecule has 1 unspecified atom stereocenters. The van der Waals surface area contributed by atoms with E-state index in [9.17, 15) is 0 Å². The Morgan fingerprint density at radius 1 is 0.917 bits per heavy atom. The summed E-state index contributed by atoms with van der Waals surface area (Å²) in [4.78, 5) is 0. The van der Waals surface area contributed by atoms with Crippen molar-refractivity contribution >= 4 is 37.9 Å². The van der Waals surface area contributed by atoms with Crippen LogP contribution >= 0.6 is 37.9 Å². The molecule has 1 atom stereocenters. The second kappa shape index (κ2) is 5.06. The molecule has 0 N–H and O–H groups in total. The molecule has 0 heterocycles. The van der Waals surface area contributed by atoms with Crippen LogP contribution in [0.3, 0.4) is 0 Å².